The molecule has 2 nitrogen and oxygen atoms in total. The van der Waals surface area contributed by atoms with Crippen LogP contribution in [0.15, 0.2) is 97.1 Å². The van der Waals surface area contributed by atoms with E-state index in [9.17, 15) is 0 Å². The van der Waals surface area contributed by atoms with Gasteiger partial charge in [-0.2, -0.15) is 0 Å². The third kappa shape index (κ3) is 2.18. The summed E-state index contributed by atoms with van der Waals surface area (Å²) < 4.78 is 5.09. The van der Waals surface area contributed by atoms with Crippen LogP contribution in [0.1, 0.15) is 0 Å². The molecule has 4 aromatic carbocycles. The number of halogens is 1. The number of benzene rings is 4. The number of aromatic nitrogens is 2. The van der Waals surface area contributed by atoms with Crippen LogP contribution in [0.3, 0.4) is 0 Å². The van der Waals surface area contributed by atoms with Crippen LogP contribution in [0, 0.1) is 0 Å². The monoisotopic (exact) mass is 459 g/mol. The molecule has 6 aromatic rings. The SMILES string of the molecule is c1ccc2c(c1)c1ccccc1n2[I-]n1c2ccccc2c2ccccc21. The van der Waals surface area contributed by atoms with Crippen LogP contribution in [0.4, 0.5) is 0 Å². The summed E-state index contributed by atoms with van der Waals surface area (Å²) >= 11 is -0.472. The molecular formula is C24H16IN2-. The third-order valence-corrected chi connectivity index (χ3v) is 8.14. The second-order valence-corrected chi connectivity index (χ2v) is 9.07. The molecule has 130 valence electrons. The number of nitrogens with zero attached hydrogens (tertiary/aromatic N) is 2. The van der Waals surface area contributed by atoms with Gasteiger partial charge in [0.05, 0.1) is 0 Å². The molecule has 6 rings (SSSR count). The summed E-state index contributed by atoms with van der Waals surface area (Å²) in [6.07, 6.45) is 0. The third-order valence-electron chi connectivity index (χ3n) is 5.19. The molecule has 0 aliphatic heterocycles. The normalized spacial score (nSPS) is 12.0. The Labute approximate surface area is 167 Å². The summed E-state index contributed by atoms with van der Waals surface area (Å²) in [7, 11) is 0. The number of fused-ring (bicyclic) bond motifs is 6. The van der Waals surface area contributed by atoms with E-state index in [1.54, 1.807) is 0 Å². The quantitative estimate of drug-likeness (QED) is 0.352. The molecule has 0 saturated carbocycles. The Morgan fingerprint density at radius 3 is 0.926 bits per heavy atom. The van der Waals surface area contributed by atoms with Crippen LogP contribution in [-0.2, 0) is 0 Å². The number of hydrogen-bond donors (Lipinski definition) is 0. The summed E-state index contributed by atoms with van der Waals surface area (Å²) in [5.74, 6) is 0. The molecule has 0 aliphatic rings. The summed E-state index contributed by atoms with van der Waals surface area (Å²) in [4.78, 5) is 0. The fraction of sp³-hybridized carbons (Fsp3) is 0. The van der Waals surface area contributed by atoms with Crippen molar-refractivity contribution in [3.05, 3.63) is 97.1 Å². The Morgan fingerprint density at radius 2 is 0.630 bits per heavy atom. The minimum atomic E-state index is -0.472. The van der Waals surface area contributed by atoms with Crippen LogP contribution >= 0.6 is 0 Å². The average Bonchev–Trinajstić information content (AvgIpc) is 3.23. The van der Waals surface area contributed by atoms with Gasteiger partial charge < -0.3 is 0 Å². The molecule has 0 spiro atoms. The molecule has 2 aromatic heterocycles. The zero-order valence-corrected chi connectivity index (χ0v) is 16.7. The van der Waals surface area contributed by atoms with Crippen molar-refractivity contribution in [1.29, 1.82) is 0 Å². The predicted octanol–water partition coefficient (Wildman–Crippen LogP) is 3.22. The van der Waals surface area contributed by atoms with Crippen LogP contribution in [-0.4, -0.2) is 5.56 Å². The first kappa shape index (κ1) is 15.3. The zero-order chi connectivity index (χ0) is 17.8. The van der Waals surface area contributed by atoms with E-state index in [1.165, 1.54) is 43.6 Å². The molecule has 0 fully saturated rings. The number of hydrogen-bond acceptors (Lipinski definition) is 0. The maximum atomic E-state index is 2.54. The van der Waals surface area contributed by atoms with Crippen molar-refractivity contribution in [3.63, 3.8) is 0 Å². The van der Waals surface area contributed by atoms with Gasteiger partial charge in [-0.3, -0.25) is 0 Å². The second kappa shape index (κ2) is 5.86. The van der Waals surface area contributed by atoms with Gasteiger partial charge in [-0.1, -0.05) is 0 Å². The van der Waals surface area contributed by atoms with E-state index in [2.05, 4.69) is 103 Å². The van der Waals surface area contributed by atoms with E-state index in [0.29, 0.717) is 0 Å². The summed E-state index contributed by atoms with van der Waals surface area (Å²) in [5.41, 5.74) is 5.31. The van der Waals surface area contributed by atoms with Gasteiger partial charge in [0.15, 0.2) is 0 Å². The van der Waals surface area contributed by atoms with Crippen LogP contribution in [0.25, 0.3) is 43.6 Å². The topological polar surface area (TPSA) is 9.86 Å². The van der Waals surface area contributed by atoms with Gasteiger partial charge >= 0.3 is 168 Å². The van der Waals surface area contributed by atoms with Crippen molar-refractivity contribution in [1.82, 2.24) is 5.56 Å². The molecule has 0 saturated heterocycles. The predicted molar refractivity (Wildman–Crippen MR) is 110 cm³/mol. The van der Waals surface area contributed by atoms with Gasteiger partial charge in [0.25, 0.3) is 0 Å². The van der Waals surface area contributed by atoms with Gasteiger partial charge in [-0.05, 0) is 0 Å². The Hall–Kier alpha value is -2.79. The number of rotatable bonds is 2. The van der Waals surface area contributed by atoms with Gasteiger partial charge in [0, 0.05) is 0 Å². The summed E-state index contributed by atoms with van der Waals surface area (Å²) in [5, 5.41) is 5.37. The minimum absolute atomic E-state index is 0.472. The van der Waals surface area contributed by atoms with Crippen molar-refractivity contribution >= 4 is 43.6 Å². The molecule has 2 heterocycles. The Kier molecular flexibility index (Phi) is 3.32. The molecule has 0 radical (unpaired) electrons. The van der Waals surface area contributed by atoms with Gasteiger partial charge in [0.2, 0.25) is 0 Å². The van der Waals surface area contributed by atoms with Crippen molar-refractivity contribution in [2.75, 3.05) is 0 Å². The first-order valence-electron chi connectivity index (χ1n) is 9.04. The van der Waals surface area contributed by atoms with Crippen LogP contribution < -0.4 is 21.8 Å². The van der Waals surface area contributed by atoms with Crippen molar-refractivity contribution in [2.45, 2.75) is 0 Å². The fourth-order valence-corrected chi connectivity index (χ4v) is 7.03. The molecule has 0 atom stereocenters. The average molecular weight is 459 g/mol. The fourth-order valence-electron chi connectivity index (χ4n) is 3.99. The molecule has 3 heteroatoms. The van der Waals surface area contributed by atoms with E-state index in [4.69, 9.17) is 0 Å². The molecule has 0 amide bonds. The Morgan fingerprint density at radius 1 is 0.370 bits per heavy atom. The molecular weight excluding hydrogens is 443 g/mol. The Balaban J connectivity index is 1.70. The molecule has 0 bridgehead atoms. The van der Waals surface area contributed by atoms with Crippen LogP contribution in [0.5, 0.6) is 0 Å². The first-order valence-corrected chi connectivity index (χ1v) is 11.0. The van der Waals surface area contributed by atoms with Crippen LogP contribution in [0.2, 0.25) is 0 Å². The number of para-hydroxylation sites is 4. The maximum absolute atomic E-state index is 2.54. The molecule has 0 aliphatic carbocycles. The van der Waals surface area contributed by atoms with E-state index in [-0.39, 0.29) is 0 Å². The molecule has 0 unspecified atom stereocenters. The van der Waals surface area contributed by atoms with Gasteiger partial charge in [-0.15, -0.1) is 0 Å². The summed E-state index contributed by atoms with van der Waals surface area (Å²) in [6.45, 7) is 0. The zero-order valence-electron chi connectivity index (χ0n) is 14.5. The van der Waals surface area contributed by atoms with Crippen molar-refractivity contribution < 1.29 is 21.8 Å². The van der Waals surface area contributed by atoms with Gasteiger partial charge in [-0.25, -0.2) is 0 Å². The standard InChI is InChI=1S/C24H16IN2/c1-5-13-21-17(9-1)18-10-2-6-14-22(18)26(21)25-27-23-15-7-3-11-19(23)20-12-4-8-16-24(20)27/h1-16H/q-1. The van der Waals surface area contributed by atoms with E-state index >= 15 is 0 Å². The van der Waals surface area contributed by atoms with Crippen molar-refractivity contribution in [3.8, 4) is 0 Å². The molecule has 27 heavy (non-hydrogen) atoms. The second-order valence-electron chi connectivity index (χ2n) is 6.71. The van der Waals surface area contributed by atoms with Crippen molar-refractivity contribution in [2.24, 2.45) is 0 Å². The van der Waals surface area contributed by atoms with E-state index in [0.717, 1.165) is 0 Å². The first-order chi connectivity index (χ1) is 13.4. The van der Waals surface area contributed by atoms with Gasteiger partial charge in [0.1, 0.15) is 0 Å². The van der Waals surface area contributed by atoms with E-state index < -0.39 is 21.8 Å². The molecule has 0 N–H and O–H groups in total. The summed E-state index contributed by atoms with van der Waals surface area (Å²) in [6, 6.07) is 35.1. The Bertz CT molecular complexity index is 1240. The van der Waals surface area contributed by atoms with E-state index in [1.807, 2.05) is 0 Å².